The molecule has 0 fully saturated rings. The zero-order valence-electron chi connectivity index (χ0n) is 15.3. The summed E-state index contributed by atoms with van der Waals surface area (Å²) in [6, 6.07) is 8.52. The normalized spacial score (nSPS) is 15.3. The monoisotopic (exact) mass is 395 g/mol. The van der Waals surface area contributed by atoms with Crippen molar-refractivity contribution in [3.05, 3.63) is 65.9 Å². The summed E-state index contributed by atoms with van der Waals surface area (Å²) in [7, 11) is 0. The van der Waals surface area contributed by atoms with Crippen LogP contribution in [0.5, 0.6) is 11.6 Å². The summed E-state index contributed by atoms with van der Waals surface area (Å²) in [5, 5.41) is 12.2. The van der Waals surface area contributed by atoms with E-state index in [9.17, 15) is 14.0 Å². The van der Waals surface area contributed by atoms with Crippen LogP contribution in [0.1, 0.15) is 17.7 Å². The maximum absolute atomic E-state index is 12.9. The molecule has 1 atom stereocenters. The first-order valence-electron chi connectivity index (χ1n) is 9.09. The number of carbonyl (C=O) groups is 2. The van der Waals surface area contributed by atoms with Gasteiger partial charge in [0.05, 0.1) is 18.1 Å². The summed E-state index contributed by atoms with van der Waals surface area (Å²) in [4.78, 5) is 28.4. The number of pyridine rings is 1. The van der Waals surface area contributed by atoms with Crippen molar-refractivity contribution in [3.63, 3.8) is 0 Å². The van der Waals surface area contributed by atoms with E-state index in [4.69, 9.17) is 4.74 Å². The topological polar surface area (TPSA) is 109 Å². The third-order valence-electron chi connectivity index (χ3n) is 4.59. The number of anilines is 1. The average Bonchev–Trinajstić information content (AvgIpc) is 3.19. The molecule has 1 aliphatic carbocycles. The van der Waals surface area contributed by atoms with E-state index in [1.165, 1.54) is 30.5 Å². The van der Waals surface area contributed by atoms with E-state index in [2.05, 4.69) is 25.8 Å². The van der Waals surface area contributed by atoms with Gasteiger partial charge in [0.25, 0.3) is 0 Å². The lowest BCUT2D eigenvalue weighted by atomic mass is 9.93. The van der Waals surface area contributed by atoms with Crippen LogP contribution in [0.2, 0.25) is 0 Å². The molecule has 1 unspecified atom stereocenters. The zero-order chi connectivity index (χ0) is 20.2. The molecule has 3 N–H and O–H groups in total. The van der Waals surface area contributed by atoms with Crippen LogP contribution < -0.4 is 15.4 Å². The first-order chi connectivity index (χ1) is 14.1. The Morgan fingerprint density at radius 1 is 1.10 bits per heavy atom. The third-order valence-corrected chi connectivity index (χ3v) is 4.59. The molecular weight excluding hydrogens is 377 g/mol. The van der Waals surface area contributed by atoms with E-state index in [0.29, 0.717) is 17.9 Å². The molecule has 2 heterocycles. The van der Waals surface area contributed by atoms with Crippen molar-refractivity contribution in [2.24, 2.45) is 0 Å². The predicted molar refractivity (Wildman–Crippen MR) is 102 cm³/mol. The zero-order valence-corrected chi connectivity index (χ0v) is 15.3. The molecule has 0 aliphatic heterocycles. The van der Waals surface area contributed by atoms with Crippen molar-refractivity contribution >= 4 is 17.5 Å². The molecular formula is C20H18FN5O3. The summed E-state index contributed by atoms with van der Waals surface area (Å²) in [6.45, 7) is 0. The minimum Gasteiger partial charge on any atom is -0.439 e. The molecule has 0 bridgehead atoms. The number of hydrogen-bond acceptors (Lipinski definition) is 5. The van der Waals surface area contributed by atoms with E-state index < -0.39 is 11.8 Å². The Morgan fingerprint density at radius 2 is 1.93 bits per heavy atom. The van der Waals surface area contributed by atoms with E-state index in [1.807, 2.05) is 0 Å². The van der Waals surface area contributed by atoms with Gasteiger partial charge in [0.1, 0.15) is 11.6 Å². The minimum absolute atomic E-state index is 0.108. The van der Waals surface area contributed by atoms with Crippen LogP contribution in [-0.2, 0) is 22.4 Å². The number of benzene rings is 1. The van der Waals surface area contributed by atoms with Gasteiger partial charge in [0.15, 0.2) is 0 Å². The first kappa shape index (κ1) is 18.6. The number of aryl methyl sites for hydroxylation is 1. The summed E-state index contributed by atoms with van der Waals surface area (Å²) in [5.41, 5.74) is 2.49. The highest BCUT2D eigenvalue weighted by atomic mass is 19.1. The Balaban J connectivity index is 1.30. The van der Waals surface area contributed by atoms with E-state index in [1.54, 1.807) is 18.3 Å². The Bertz CT molecular complexity index is 1020. The number of aromatic amines is 1. The van der Waals surface area contributed by atoms with Crippen LogP contribution in [0.15, 0.2) is 48.8 Å². The lowest BCUT2D eigenvalue weighted by Crippen LogP contribution is -2.44. The highest BCUT2D eigenvalue weighted by Gasteiger charge is 2.24. The number of hydrogen-bond donors (Lipinski definition) is 3. The molecule has 4 rings (SSSR count). The molecule has 0 spiro atoms. The fraction of sp³-hybridized carbons (Fsp3) is 0.200. The maximum Gasteiger partial charge on any atom is 0.313 e. The summed E-state index contributed by atoms with van der Waals surface area (Å²) in [5.74, 6) is -1.12. The maximum atomic E-state index is 12.9. The Morgan fingerprint density at radius 3 is 2.69 bits per heavy atom. The SMILES string of the molecule is O=C(Nc1ccc(Oc2ccc(F)cc2)nc1)C(=O)NC1CCc2[nH]ncc2C1. The quantitative estimate of drug-likeness (QED) is 0.588. The van der Waals surface area contributed by atoms with Gasteiger partial charge in [-0.2, -0.15) is 5.10 Å². The van der Waals surface area contributed by atoms with Gasteiger partial charge in [-0.15, -0.1) is 0 Å². The molecule has 0 saturated carbocycles. The number of nitrogens with zero attached hydrogens (tertiary/aromatic N) is 2. The summed E-state index contributed by atoms with van der Waals surface area (Å²) < 4.78 is 18.4. The number of amides is 2. The number of rotatable bonds is 4. The third kappa shape index (κ3) is 4.57. The number of fused-ring (bicyclic) bond motifs is 1. The molecule has 148 valence electrons. The molecule has 29 heavy (non-hydrogen) atoms. The van der Waals surface area contributed by atoms with Gasteiger partial charge in [0, 0.05) is 17.8 Å². The van der Waals surface area contributed by atoms with Gasteiger partial charge in [-0.25, -0.2) is 9.37 Å². The summed E-state index contributed by atoms with van der Waals surface area (Å²) >= 11 is 0. The second-order valence-electron chi connectivity index (χ2n) is 6.68. The van der Waals surface area contributed by atoms with E-state index in [0.717, 1.165) is 24.1 Å². The molecule has 2 amide bonds. The second-order valence-corrected chi connectivity index (χ2v) is 6.68. The van der Waals surface area contributed by atoms with Crippen LogP contribution in [-0.4, -0.2) is 33.0 Å². The van der Waals surface area contributed by atoms with Crippen LogP contribution >= 0.6 is 0 Å². The average molecular weight is 395 g/mol. The Labute approximate surface area is 165 Å². The lowest BCUT2D eigenvalue weighted by molar-refractivity contribution is -0.136. The molecule has 1 aliphatic rings. The molecule has 8 nitrogen and oxygen atoms in total. The number of aromatic nitrogens is 3. The molecule has 3 aromatic rings. The number of halogens is 1. The van der Waals surface area contributed by atoms with Crippen molar-refractivity contribution in [3.8, 4) is 11.6 Å². The second kappa shape index (κ2) is 8.09. The largest absolute Gasteiger partial charge is 0.439 e. The number of H-pyrrole nitrogens is 1. The van der Waals surface area contributed by atoms with Crippen molar-refractivity contribution in [2.45, 2.75) is 25.3 Å². The Hall–Kier alpha value is -3.75. The van der Waals surface area contributed by atoms with Crippen LogP contribution in [0.4, 0.5) is 10.1 Å². The number of carbonyl (C=O) groups excluding carboxylic acids is 2. The van der Waals surface area contributed by atoms with Crippen molar-refractivity contribution in [1.29, 1.82) is 0 Å². The first-order valence-corrected chi connectivity index (χ1v) is 9.09. The highest BCUT2D eigenvalue weighted by molar-refractivity contribution is 6.39. The van der Waals surface area contributed by atoms with Crippen molar-refractivity contribution in [2.75, 3.05) is 5.32 Å². The van der Waals surface area contributed by atoms with Crippen molar-refractivity contribution in [1.82, 2.24) is 20.5 Å². The van der Waals surface area contributed by atoms with Crippen LogP contribution in [0.25, 0.3) is 0 Å². The minimum atomic E-state index is -0.767. The molecule has 2 aromatic heterocycles. The van der Waals surface area contributed by atoms with Gasteiger partial charge in [-0.1, -0.05) is 0 Å². The lowest BCUT2D eigenvalue weighted by Gasteiger charge is -2.22. The van der Waals surface area contributed by atoms with Gasteiger partial charge in [-0.05, 0) is 55.2 Å². The smallest absolute Gasteiger partial charge is 0.313 e. The fourth-order valence-electron chi connectivity index (χ4n) is 3.12. The number of nitrogens with one attached hydrogen (secondary N) is 3. The predicted octanol–water partition coefficient (Wildman–Crippen LogP) is 2.35. The van der Waals surface area contributed by atoms with E-state index in [-0.39, 0.29) is 17.7 Å². The molecule has 9 heteroatoms. The molecule has 1 aromatic carbocycles. The summed E-state index contributed by atoms with van der Waals surface area (Å²) in [6.07, 6.45) is 5.28. The van der Waals surface area contributed by atoms with Crippen LogP contribution in [0, 0.1) is 5.82 Å². The van der Waals surface area contributed by atoms with Gasteiger partial charge in [0.2, 0.25) is 5.88 Å². The van der Waals surface area contributed by atoms with Crippen molar-refractivity contribution < 1.29 is 18.7 Å². The van der Waals surface area contributed by atoms with Gasteiger partial charge < -0.3 is 15.4 Å². The fourth-order valence-corrected chi connectivity index (χ4v) is 3.12. The van der Waals surface area contributed by atoms with Crippen LogP contribution in [0.3, 0.4) is 0 Å². The highest BCUT2D eigenvalue weighted by Crippen LogP contribution is 2.21. The molecule has 0 saturated heterocycles. The number of ether oxygens (including phenoxy) is 1. The molecule has 0 radical (unpaired) electrons. The van der Waals surface area contributed by atoms with E-state index >= 15 is 0 Å². The van der Waals surface area contributed by atoms with Gasteiger partial charge in [-0.3, -0.25) is 14.7 Å². The standard InChI is InChI=1S/C20H18FN5O3/c21-13-1-5-16(6-2-13)29-18-8-4-15(11-22-18)25-20(28)19(27)24-14-3-7-17-12(9-14)10-23-26-17/h1-2,4-6,8,10-11,14H,3,7,9H2,(H,23,26)(H,24,27)(H,25,28). The Kier molecular flexibility index (Phi) is 5.19. The van der Waals surface area contributed by atoms with Gasteiger partial charge >= 0.3 is 11.8 Å².